The number of nitrogens with zero attached hydrogens (tertiary/aromatic N) is 2. The predicted molar refractivity (Wildman–Crippen MR) is 197 cm³/mol. The first kappa shape index (κ1) is 32.2. The molecule has 0 saturated heterocycles. The van der Waals surface area contributed by atoms with Crippen LogP contribution < -0.4 is 5.32 Å². The summed E-state index contributed by atoms with van der Waals surface area (Å²) in [6.07, 6.45) is 6.04. The number of imidazole rings is 1. The van der Waals surface area contributed by atoms with Crippen molar-refractivity contribution in [3.05, 3.63) is 108 Å². The minimum Gasteiger partial charge on any atom is -0.465 e. The Labute approximate surface area is 285 Å². The fourth-order valence-electron chi connectivity index (χ4n) is 9.03. The van der Waals surface area contributed by atoms with Crippen LogP contribution in [0.4, 0.5) is 5.69 Å². The molecule has 4 aromatic carbocycles. The fraction of sp³-hybridized carbons (Fsp3) is 0.395. The predicted octanol–water partition coefficient (Wildman–Crippen LogP) is 10.2. The molecule has 1 saturated carbocycles. The monoisotopic (exact) mass is 639 g/mol. The van der Waals surface area contributed by atoms with Gasteiger partial charge in [-0.05, 0) is 107 Å². The van der Waals surface area contributed by atoms with Gasteiger partial charge in [-0.25, -0.2) is 4.98 Å². The van der Waals surface area contributed by atoms with Crippen molar-refractivity contribution in [3.8, 4) is 22.5 Å². The van der Waals surface area contributed by atoms with Gasteiger partial charge < -0.3 is 14.6 Å². The molecule has 5 aromatic rings. The molecule has 5 nitrogen and oxygen atoms in total. The smallest absolute Gasteiger partial charge is 0.325 e. The normalized spacial score (nSPS) is 21.9. The number of carbonyl (C=O) groups is 1. The van der Waals surface area contributed by atoms with E-state index in [1.54, 1.807) is 11.1 Å². The molecule has 7 rings (SSSR count). The summed E-state index contributed by atoms with van der Waals surface area (Å²) >= 11 is 0. The molecule has 1 aromatic heterocycles. The van der Waals surface area contributed by atoms with Gasteiger partial charge in [-0.3, -0.25) is 4.79 Å². The number of rotatable bonds is 9. The average Bonchev–Trinajstić information content (AvgIpc) is 3.44. The maximum atomic E-state index is 12.1. The van der Waals surface area contributed by atoms with Gasteiger partial charge in [0.15, 0.2) is 0 Å². The van der Waals surface area contributed by atoms with Crippen LogP contribution in [0.3, 0.4) is 0 Å². The topological polar surface area (TPSA) is 56.1 Å². The summed E-state index contributed by atoms with van der Waals surface area (Å²) in [5, 5.41) is 3.26. The lowest BCUT2D eigenvalue weighted by molar-refractivity contribution is -0.140. The van der Waals surface area contributed by atoms with Gasteiger partial charge in [0.2, 0.25) is 0 Å². The van der Waals surface area contributed by atoms with Crippen molar-refractivity contribution in [2.45, 2.75) is 84.6 Å². The van der Waals surface area contributed by atoms with Crippen molar-refractivity contribution in [1.82, 2.24) is 9.55 Å². The lowest BCUT2D eigenvalue weighted by Crippen LogP contribution is -2.50. The summed E-state index contributed by atoms with van der Waals surface area (Å²) < 4.78 is 7.65. The van der Waals surface area contributed by atoms with E-state index >= 15 is 0 Å². The number of hydrogen-bond acceptors (Lipinski definition) is 4. The average molecular weight is 640 g/mol. The number of carbonyl (C=O) groups excluding carboxylic acids is 1. The summed E-state index contributed by atoms with van der Waals surface area (Å²) in [4.78, 5) is 17.5. The van der Waals surface area contributed by atoms with Crippen molar-refractivity contribution in [2.24, 2.45) is 11.3 Å². The Morgan fingerprint density at radius 1 is 0.938 bits per heavy atom. The highest BCUT2D eigenvalue weighted by molar-refractivity contribution is 5.86. The first-order chi connectivity index (χ1) is 23.2. The van der Waals surface area contributed by atoms with Gasteiger partial charge in [0.05, 0.1) is 17.6 Å². The number of benzene rings is 4. The molecule has 0 aliphatic heterocycles. The van der Waals surface area contributed by atoms with Gasteiger partial charge in [0.25, 0.3) is 0 Å². The molecule has 0 unspecified atom stereocenters. The number of anilines is 1. The third-order valence-electron chi connectivity index (χ3n) is 11.4. The minimum absolute atomic E-state index is 0.0989. The molecule has 0 spiro atoms. The molecule has 3 atom stereocenters. The number of nitrogens with one attached hydrogen (secondary N) is 1. The van der Waals surface area contributed by atoms with Gasteiger partial charge in [0, 0.05) is 17.8 Å². The number of fused-ring (bicyclic) bond motifs is 4. The Balaban J connectivity index is 1.29. The molecule has 0 radical (unpaired) electrons. The van der Waals surface area contributed by atoms with Crippen LogP contribution in [0, 0.1) is 11.3 Å². The molecule has 248 valence electrons. The summed E-state index contributed by atoms with van der Waals surface area (Å²) in [5.41, 5.74) is 11.3. The van der Waals surface area contributed by atoms with Gasteiger partial charge in [-0.1, -0.05) is 101 Å². The quantitative estimate of drug-likeness (QED) is 0.163. The summed E-state index contributed by atoms with van der Waals surface area (Å²) in [7, 11) is 0. The standard InChI is InChI=1S/C43H49N3O2/c1-6-48-40(47)27-44-35-15-10-14-34(25-35)41-45-37-26-32(30-12-8-7-9-13-30)17-20-38(37)46(41)28-42(4)22-11-23-43(5)36-19-16-31(29(2)3)24-33(36)18-21-39(42)43/h7-10,12-17,19-20,24-26,29,39,44H,6,11,18,21-23,27-28H2,1-5H3/t39-,42+,43+/m0/s1. The third kappa shape index (κ3) is 5.93. The van der Waals surface area contributed by atoms with Crippen LogP contribution in [0.2, 0.25) is 0 Å². The molecule has 0 amide bonds. The van der Waals surface area contributed by atoms with Crippen molar-refractivity contribution in [2.75, 3.05) is 18.5 Å². The van der Waals surface area contributed by atoms with Crippen molar-refractivity contribution in [3.63, 3.8) is 0 Å². The Bertz CT molecular complexity index is 1940. The van der Waals surface area contributed by atoms with E-state index < -0.39 is 0 Å². The molecule has 0 bridgehead atoms. The number of hydrogen-bond donors (Lipinski definition) is 1. The molecule has 1 heterocycles. The maximum absolute atomic E-state index is 12.1. The highest BCUT2D eigenvalue weighted by Gasteiger charge is 2.52. The van der Waals surface area contributed by atoms with Gasteiger partial charge in [-0.15, -0.1) is 0 Å². The van der Waals surface area contributed by atoms with E-state index in [-0.39, 0.29) is 23.3 Å². The number of esters is 1. The van der Waals surface area contributed by atoms with Crippen LogP contribution in [0.15, 0.2) is 91.0 Å². The van der Waals surface area contributed by atoms with Crippen LogP contribution in [0.25, 0.3) is 33.5 Å². The second-order valence-electron chi connectivity index (χ2n) is 14.9. The highest BCUT2D eigenvalue weighted by atomic mass is 16.5. The van der Waals surface area contributed by atoms with Crippen LogP contribution in [0.5, 0.6) is 0 Å². The van der Waals surface area contributed by atoms with Crippen LogP contribution in [-0.4, -0.2) is 28.7 Å². The second-order valence-corrected chi connectivity index (χ2v) is 14.9. The van der Waals surface area contributed by atoms with Gasteiger partial charge in [0.1, 0.15) is 12.4 Å². The van der Waals surface area contributed by atoms with Crippen molar-refractivity contribution < 1.29 is 9.53 Å². The number of aryl methyl sites for hydroxylation is 1. The lowest BCUT2D eigenvalue weighted by Gasteiger charge is -2.56. The fourth-order valence-corrected chi connectivity index (χ4v) is 9.03. The molecular weight excluding hydrogens is 590 g/mol. The van der Waals surface area contributed by atoms with E-state index in [4.69, 9.17) is 9.72 Å². The van der Waals surface area contributed by atoms with Crippen LogP contribution >= 0.6 is 0 Å². The second kappa shape index (κ2) is 12.9. The molecular formula is C43H49N3O2. The largest absolute Gasteiger partial charge is 0.465 e. The van der Waals surface area contributed by atoms with E-state index in [0.29, 0.717) is 18.4 Å². The zero-order valence-corrected chi connectivity index (χ0v) is 29.2. The summed E-state index contributed by atoms with van der Waals surface area (Å²) in [6.45, 7) is 12.9. The number of aromatic nitrogens is 2. The molecule has 1 fully saturated rings. The lowest BCUT2D eigenvalue weighted by atomic mass is 9.49. The minimum atomic E-state index is -0.258. The van der Waals surface area contributed by atoms with E-state index in [0.717, 1.165) is 35.6 Å². The maximum Gasteiger partial charge on any atom is 0.325 e. The zero-order valence-electron chi connectivity index (χ0n) is 29.2. The molecule has 5 heteroatoms. The zero-order chi connectivity index (χ0) is 33.5. The first-order valence-corrected chi connectivity index (χ1v) is 17.9. The van der Waals surface area contributed by atoms with E-state index in [2.05, 4.69) is 116 Å². The van der Waals surface area contributed by atoms with E-state index in [1.165, 1.54) is 47.9 Å². The Kier molecular flexibility index (Phi) is 8.66. The Morgan fingerprint density at radius 3 is 2.54 bits per heavy atom. The summed E-state index contributed by atoms with van der Waals surface area (Å²) in [5.74, 6) is 1.84. The van der Waals surface area contributed by atoms with Gasteiger partial charge in [-0.2, -0.15) is 0 Å². The van der Waals surface area contributed by atoms with Crippen molar-refractivity contribution >= 4 is 22.7 Å². The van der Waals surface area contributed by atoms with Crippen LogP contribution in [-0.2, 0) is 27.9 Å². The number of ether oxygens (including phenoxy) is 1. The third-order valence-corrected chi connectivity index (χ3v) is 11.4. The molecule has 1 N–H and O–H groups in total. The van der Waals surface area contributed by atoms with Crippen molar-refractivity contribution in [1.29, 1.82) is 0 Å². The molecule has 48 heavy (non-hydrogen) atoms. The first-order valence-electron chi connectivity index (χ1n) is 17.9. The highest BCUT2D eigenvalue weighted by Crippen LogP contribution is 2.58. The Hall–Kier alpha value is -4.38. The molecule has 2 aliphatic rings. The van der Waals surface area contributed by atoms with E-state index in [9.17, 15) is 4.79 Å². The van der Waals surface area contributed by atoms with Crippen LogP contribution in [0.1, 0.15) is 82.9 Å². The SMILES string of the molecule is CCOC(=O)CNc1cccc(-c2nc3cc(-c4ccccc4)ccc3n2C[C@@]2(C)CCC[C@]3(C)c4ccc(C(C)C)cc4CC[C@@H]23)c1. The summed E-state index contributed by atoms with van der Waals surface area (Å²) in [6, 6.07) is 33.0. The Morgan fingerprint density at radius 2 is 1.75 bits per heavy atom. The molecule has 2 aliphatic carbocycles. The van der Waals surface area contributed by atoms with Gasteiger partial charge >= 0.3 is 5.97 Å². The van der Waals surface area contributed by atoms with E-state index in [1.807, 2.05) is 19.1 Å².